The third-order valence-corrected chi connectivity index (χ3v) is 16.8. The maximum Gasteiger partial charge on any atom is 0.199 e. The maximum atomic E-state index is 12.9. The molecule has 3 aliphatic heterocycles. The first-order chi connectivity index (χ1) is 22.5. The minimum atomic E-state index is -1.28. The Balaban J connectivity index is 1.07. The summed E-state index contributed by atoms with van der Waals surface area (Å²) in [7, 11) is 0. The van der Waals surface area contributed by atoms with E-state index in [-0.39, 0.29) is 57.9 Å². The molecule has 17 unspecified atom stereocenters. The van der Waals surface area contributed by atoms with Crippen LogP contribution in [-0.4, -0.2) is 94.0 Å². The smallest absolute Gasteiger partial charge is 0.199 e. The summed E-state index contributed by atoms with van der Waals surface area (Å²) in [6.07, 6.45) is 4.83. The summed E-state index contributed by atoms with van der Waals surface area (Å²) in [4.78, 5) is 0. The Hall–Kier alpha value is -0.360. The predicted octanol–water partition coefficient (Wildman–Crippen LogP) is 4.95. The molecule has 17 atom stereocenters. The van der Waals surface area contributed by atoms with Crippen molar-refractivity contribution in [3.05, 3.63) is 0 Å². The molecule has 4 N–H and O–H groups in total. The van der Waals surface area contributed by atoms with Gasteiger partial charge >= 0.3 is 0 Å². The molecule has 0 aromatic carbocycles. The van der Waals surface area contributed by atoms with Crippen LogP contribution < -0.4 is 0 Å². The standard InChI is InChI=1S/C39H64O9/c1-9-10-17-45-34(5,6)30-23-18-21(2)29-35(7)15-16-38-20-37(38)14-13-26(46-31-28(42)27(41)22(40)19-44-31)33(3,4)24(37)11-12-25(38)36(35,8)32(43)39(29,47-23)48-30/h21-32,40-43H,9-20H2,1-8H3. The topological polar surface area (TPSA) is 127 Å². The van der Waals surface area contributed by atoms with Crippen molar-refractivity contribution in [1.82, 2.24) is 0 Å². The summed E-state index contributed by atoms with van der Waals surface area (Å²) in [6, 6.07) is 0. The van der Waals surface area contributed by atoms with Gasteiger partial charge in [-0.2, -0.15) is 0 Å². The van der Waals surface area contributed by atoms with Crippen LogP contribution in [0, 0.1) is 50.7 Å². The van der Waals surface area contributed by atoms with E-state index in [1.165, 1.54) is 12.8 Å². The Bertz CT molecular complexity index is 1270. The van der Waals surface area contributed by atoms with E-state index in [2.05, 4.69) is 55.4 Å². The highest BCUT2D eigenvalue weighted by atomic mass is 16.8. The lowest BCUT2D eigenvalue weighted by Gasteiger charge is -2.63. The van der Waals surface area contributed by atoms with E-state index in [4.69, 9.17) is 23.7 Å². The van der Waals surface area contributed by atoms with Gasteiger partial charge < -0.3 is 44.1 Å². The van der Waals surface area contributed by atoms with E-state index >= 15 is 0 Å². The lowest BCUT2D eigenvalue weighted by Crippen LogP contribution is -2.61. The zero-order valence-electron chi connectivity index (χ0n) is 30.7. The Morgan fingerprint density at radius 1 is 0.875 bits per heavy atom. The van der Waals surface area contributed by atoms with Crippen molar-refractivity contribution in [3.63, 3.8) is 0 Å². The molecule has 3 heterocycles. The highest BCUT2D eigenvalue weighted by molar-refractivity contribution is 5.34. The van der Waals surface area contributed by atoms with E-state index in [0.29, 0.717) is 24.4 Å². The molecule has 0 amide bonds. The number of rotatable bonds is 7. The molecule has 0 radical (unpaired) electrons. The Morgan fingerprint density at radius 2 is 1.58 bits per heavy atom. The number of fused-ring (bicyclic) bond motifs is 4. The molecule has 8 fully saturated rings. The van der Waals surface area contributed by atoms with Crippen LogP contribution >= 0.6 is 0 Å². The van der Waals surface area contributed by atoms with E-state index in [0.717, 1.165) is 51.4 Å². The number of hydrogen-bond acceptors (Lipinski definition) is 9. The molecular formula is C39H64O9. The second-order valence-corrected chi connectivity index (χ2v) is 19.4. The van der Waals surface area contributed by atoms with Crippen molar-refractivity contribution in [2.75, 3.05) is 13.2 Å². The molecule has 8 rings (SSSR count). The molecule has 9 heteroatoms. The fourth-order valence-corrected chi connectivity index (χ4v) is 14.5. The molecular weight excluding hydrogens is 612 g/mol. The van der Waals surface area contributed by atoms with Crippen LogP contribution in [0.25, 0.3) is 0 Å². The zero-order valence-corrected chi connectivity index (χ0v) is 30.7. The van der Waals surface area contributed by atoms with Crippen molar-refractivity contribution in [2.45, 2.75) is 180 Å². The molecule has 3 saturated heterocycles. The van der Waals surface area contributed by atoms with Gasteiger partial charge in [0.15, 0.2) is 12.1 Å². The summed E-state index contributed by atoms with van der Waals surface area (Å²) in [6.45, 7) is 19.0. The van der Waals surface area contributed by atoms with Crippen LogP contribution in [0.2, 0.25) is 0 Å². The normalized spacial score (nSPS) is 58.0. The molecule has 5 saturated carbocycles. The van der Waals surface area contributed by atoms with Gasteiger partial charge in [0.1, 0.15) is 30.5 Å². The minimum Gasteiger partial charge on any atom is -0.388 e. The number of ether oxygens (including phenoxy) is 5. The lowest BCUT2D eigenvalue weighted by atomic mass is 9.41. The molecule has 5 aliphatic carbocycles. The van der Waals surface area contributed by atoms with Crippen LogP contribution in [0.5, 0.6) is 0 Å². The largest absolute Gasteiger partial charge is 0.388 e. The average molecular weight is 677 g/mol. The van der Waals surface area contributed by atoms with Crippen LogP contribution in [0.15, 0.2) is 0 Å². The third kappa shape index (κ3) is 4.12. The van der Waals surface area contributed by atoms with Crippen molar-refractivity contribution < 1.29 is 44.1 Å². The van der Waals surface area contributed by atoms with Crippen molar-refractivity contribution in [3.8, 4) is 0 Å². The van der Waals surface area contributed by atoms with E-state index in [9.17, 15) is 20.4 Å². The van der Waals surface area contributed by atoms with Crippen molar-refractivity contribution in [1.29, 1.82) is 0 Å². The number of aliphatic hydroxyl groups excluding tert-OH is 4. The molecule has 0 aromatic heterocycles. The Morgan fingerprint density at radius 3 is 2.31 bits per heavy atom. The zero-order chi connectivity index (χ0) is 34.4. The molecule has 0 aromatic rings. The van der Waals surface area contributed by atoms with Crippen LogP contribution in [0.4, 0.5) is 0 Å². The third-order valence-electron chi connectivity index (χ3n) is 16.8. The second-order valence-electron chi connectivity index (χ2n) is 19.4. The Kier molecular flexibility index (Phi) is 7.84. The lowest BCUT2D eigenvalue weighted by molar-refractivity contribution is -0.303. The van der Waals surface area contributed by atoms with Gasteiger partial charge in [-0.3, -0.25) is 0 Å². The van der Waals surface area contributed by atoms with Crippen LogP contribution in [0.1, 0.15) is 120 Å². The highest BCUT2D eigenvalue weighted by Crippen LogP contribution is 2.90. The van der Waals surface area contributed by atoms with Crippen LogP contribution in [-0.2, 0) is 23.7 Å². The molecule has 274 valence electrons. The van der Waals surface area contributed by atoms with Gasteiger partial charge in [0.25, 0.3) is 0 Å². The van der Waals surface area contributed by atoms with Gasteiger partial charge in [0.05, 0.1) is 24.4 Å². The van der Waals surface area contributed by atoms with E-state index in [1.54, 1.807) is 0 Å². The predicted molar refractivity (Wildman–Crippen MR) is 177 cm³/mol. The quantitative estimate of drug-likeness (QED) is 0.219. The van der Waals surface area contributed by atoms with Gasteiger partial charge in [-0.15, -0.1) is 0 Å². The SMILES string of the molecule is CCCCOC(C)(C)C1OC23OC1CC(C)C2C1(C)CCC24CC25CCC(OC2OCC(O)C(O)C2O)C(C)(C)C5CCC4C1(C)C3O. The first-order valence-electron chi connectivity index (χ1n) is 19.5. The van der Waals surface area contributed by atoms with Gasteiger partial charge in [-0.1, -0.05) is 48.0 Å². The van der Waals surface area contributed by atoms with Gasteiger partial charge in [-0.05, 0) is 111 Å². The monoisotopic (exact) mass is 676 g/mol. The highest BCUT2D eigenvalue weighted by Gasteiger charge is 2.88. The van der Waals surface area contributed by atoms with Gasteiger partial charge in [0, 0.05) is 17.9 Å². The first-order valence-corrected chi connectivity index (χ1v) is 19.5. The molecule has 2 bridgehead atoms. The first kappa shape index (κ1) is 34.7. The maximum absolute atomic E-state index is 12.9. The fourth-order valence-electron chi connectivity index (χ4n) is 14.5. The summed E-state index contributed by atoms with van der Waals surface area (Å²) in [5.41, 5.74) is -0.724. The summed E-state index contributed by atoms with van der Waals surface area (Å²) in [5, 5.41) is 43.9. The summed E-state index contributed by atoms with van der Waals surface area (Å²) < 4.78 is 32.9. The second kappa shape index (κ2) is 10.8. The van der Waals surface area contributed by atoms with Crippen molar-refractivity contribution >= 4 is 0 Å². The Labute approximate surface area is 287 Å². The van der Waals surface area contributed by atoms with E-state index < -0.39 is 42.1 Å². The fraction of sp³-hybridized carbons (Fsp3) is 1.00. The van der Waals surface area contributed by atoms with Gasteiger partial charge in [-0.25, -0.2) is 0 Å². The number of hydrogen-bond donors (Lipinski definition) is 4. The molecule has 8 aliphatic rings. The van der Waals surface area contributed by atoms with Crippen molar-refractivity contribution in [2.24, 2.45) is 50.7 Å². The summed E-state index contributed by atoms with van der Waals surface area (Å²) in [5.74, 6) is 0.336. The number of aliphatic hydroxyl groups is 4. The average Bonchev–Trinajstić information content (AvgIpc) is 3.54. The minimum absolute atomic E-state index is 0.0483. The molecule has 3 spiro atoms. The number of unbranched alkanes of at least 4 members (excludes halogenated alkanes) is 1. The molecule has 9 nitrogen and oxygen atoms in total. The van der Waals surface area contributed by atoms with Crippen LogP contribution in [0.3, 0.4) is 0 Å². The molecule has 48 heavy (non-hydrogen) atoms. The van der Waals surface area contributed by atoms with E-state index in [1.807, 2.05) is 0 Å². The van der Waals surface area contributed by atoms with Gasteiger partial charge in [0.2, 0.25) is 0 Å². The summed E-state index contributed by atoms with van der Waals surface area (Å²) >= 11 is 0.